The number of hydrogen-bond donors (Lipinski definition) is 1. The quantitative estimate of drug-likeness (QED) is 0.436. The van der Waals surface area contributed by atoms with Crippen LogP contribution in [0.25, 0.3) is 0 Å². The second-order valence-corrected chi connectivity index (χ2v) is 9.74. The lowest BCUT2D eigenvalue weighted by atomic mass is 10.1. The zero-order chi connectivity index (χ0) is 21.1. The van der Waals surface area contributed by atoms with Crippen molar-refractivity contribution in [1.29, 1.82) is 0 Å². The van der Waals surface area contributed by atoms with E-state index in [4.69, 9.17) is 0 Å². The molecule has 0 bridgehead atoms. The molecule has 10 heteroatoms. The van der Waals surface area contributed by atoms with Crippen LogP contribution in [-0.2, 0) is 10.0 Å². The summed E-state index contributed by atoms with van der Waals surface area (Å²) >= 11 is 1.45. The van der Waals surface area contributed by atoms with Crippen LogP contribution in [0.4, 0.5) is 11.4 Å². The molecule has 8 nitrogen and oxygen atoms in total. The lowest BCUT2D eigenvalue weighted by Gasteiger charge is -2.22. The number of anilines is 1. The summed E-state index contributed by atoms with van der Waals surface area (Å²) in [7, 11) is -3.87. The summed E-state index contributed by atoms with van der Waals surface area (Å²) in [4.78, 5) is 15.0. The highest BCUT2D eigenvalue weighted by Crippen LogP contribution is 2.35. The van der Waals surface area contributed by atoms with Crippen molar-refractivity contribution in [3.63, 3.8) is 0 Å². The number of nitrogens with one attached hydrogen (secondary N) is 1. The van der Waals surface area contributed by atoms with Crippen molar-refractivity contribution in [3.05, 3.63) is 80.8 Å². The highest BCUT2D eigenvalue weighted by molar-refractivity contribution is 7.89. The van der Waals surface area contributed by atoms with Gasteiger partial charge in [0.15, 0.2) is 0 Å². The highest BCUT2D eigenvalue weighted by atomic mass is 32.2. The van der Waals surface area contributed by atoms with E-state index in [-0.39, 0.29) is 16.6 Å². The van der Waals surface area contributed by atoms with Crippen LogP contribution in [-0.4, -0.2) is 35.7 Å². The average Bonchev–Trinajstić information content (AvgIpc) is 3.47. The minimum Gasteiger partial charge on any atom is -0.371 e. The number of benzene rings is 2. The van der Waals surface area contributed by atoms with Crippen LogP contribution in [0.2, 0.25) is 0 Å². The average molecular weight is 445 g/mol. The Morgan fingerprint density at radius 3 is 2.50 bits per heavy atom. The van der Waals surface area contributed by atoms with E-state index in [0.29, 0.717) is 18.8 Å². The molecule has 1 unspecified atom stereocenters. The maximum absolute atomic E-state index is 13.3. The van der Waals surface area contributed by atoms with Gasteiger partial charge in [-0.1, -0.05) is 30.3 Å². The molecule has 1 aliphatic heterocycles. The maximum atomic E-state index is 13.3. The van der Waals surface area contributed by atoms with Gasteiger partial charge in [-0.25, -0.2) is 13.4 Å². The molecule has 0 amide bonds. The number of rotatable bonds is 7. The zero-order valence-corrected chi connectivity index (χ0v) is 17.6. The molecule has 0 saturated carbocycles. The molecule has 1 saturated heterocycles. The molecule has 30 heavy (non-hydrogen) atoms. The topological polar surface area (TPSA) is 105 Å². The fraction of sp³-hybridized carbons (Fsp3) is 0.250. The Labute approximate surface area is 178 Å². The summed E-state index contributed by atoms with van der Waals surface area (Å²) in [5.74, 6) is 0. The van der Waals surface area contributed by atoms with Crippen molar-refractivity contribution in [2.24, 2.45) is 0 Å². The van der Waals surface area contributed by atoms with Crippen molar-refractivity contribution in [2.75, 3.05) is 18.4 Å². The number of aromatic nitrogens is 1. The smallest absolute Gasteiger partial charge is 0.270 e. The van der Waals surface area contributed by atoms with E-state index < -0.39 is 14.9 Å². The number of sulfonamides is 1. The van der Waals surface area contributed by atoms with Crippen molar-refractivity contribution in [1.82, 2.24) is 9.29 Å². The molecular weight excluding hydrogens is 424 g/mol. The van der Waals surface area contributed by atoms with E-state index in [1.54, 1.807) is 6.20 Å². The van der Waals surface area contributed by atoms with Gasteiger partial charge in [0.1, 0.15) is 15.9 Å². The van der Waals surface area contributed by atoms with Gasteiger partial charge in [-0.05, 0) is 24.5 Å². The van der Waals surface area contributed by atoms with Crippen LogP contribution in [0, 0.1) is 10.1 Å². The number of hydrogen-bond acceptors (Lipinski definition) is 7. The van der Waals surface area contributed by atoms with E-state index in [1.165, 1.54) is 27.8 Å². The van der Waals surface area contributed by atoms with Crippen molar-refractivity contribution in [3.8, 4) is 0 Å². The predicted molar refractivity (Wildman–Crippen MR) is 115 cm³/mol. The zero-order valence-electron chi connectivity index (χ0n) is 16.0. The molecular formula is C20H20N4O4S2. The Hall–Kier alpha value is -2.82. The Kier molecular flexibility index (Phi) is 5.80. The van der Waals surface area contributed by atoms with Crippen LogP contribution in [0.15, 0.2) is 65.0 Å². The van der Waals surface area contributed by atoms with Gasteiger partial charge in [0.2, 0.25) is 10.0 Å². The number of thiazole rings is 1. The Bertz CT molecular complexity index is 1130. The molecule has 1 aliphatic rings. The molecule has 1 aromatic heterocycles. The van der Waals surface area contributed by atoms with Crippen LogP contribution < -0.4 is 5.32 Å². The van der Waals surface area contributed by atoms with Crippen LogP contribution in [0.3, 0.4) is 0 Å². The molecule has 0 aliphatic carbocycles. The first-order chi connectivity index (χ1) is 14.5. The molecule has 1 N–H and O–H groups in total. The van der Waals surface area contributed by atoms with Crippen LogP contribution >= 0.6 is 11.3 Å². The summed E-state index contributed by atoms with van der Waals surface area (Å²) in [5, 5.41) is 17.2. The van der Waals surface area contributed by atoms with E-state index in [9.17, 15) is 18.5 Å². The first-order valence-corrected chi connectivity index (χ1v) is 11.8. The Balaban J connectivity index is 1.80. The summed E-state index contributed by atoms with van der Waals surface area (Å²) < 4.78 is 28.0. The van der Waals surface area contributed by atoms with Crippen molar-refractivity contribution < 1.29 is 13.3 Å². The fourth-order valence-corrected chi connectivity index (χ4v) is 5.90. The molecule has 156 valence electrons. The number of non-ortho nitro benzene ring substituents is 1. The van der Waals surface area contributed by atoms with Crippen molar-refractivity contribution >= 4 is 32.7 Å². The first kappa shape index (κ1) is 20.5. The second kappa shape index (κ2) is 8.50. The lowest BCUT2D eigenvalue weighted by Crippen LogP contribution is -2.29. The summed E-state index contributed by atoms with van der Waals surface area (Å²) in [6.07, 6.45) is 3.25. The minimum absolute atomic E-state index is 0.0870. The molecule has 0 spiro atoms. The SMILES string of the molecule is O=[N+]([O-])c1ccc(NC(c2ccccc2)c2nccs2)c(S(=O)(=O)N2CCCC2)c1. The summed E-state index contributed by atoms with van der Waals surface area (Å²) in [6.45, 7) is 0.831. The normalized spacial score (nSPS) is 15.7. The van der Waals surface area contributed by atoms with Gasteiger partial charge >= 0.3 is 0 Å². The van der Waals surface area contributed by atoms with Gasteiger partial charge in [0, 0.05) is 36.8 Å². The lowest BCUT2D eigenvalue weighted by molar-refractivity contribution is -0.385. The monoisotopic (exact) mass is 444 g/mol. The molecule has 1 fully saturated rings. The summed E-state index contributed by atoms with van der Waals surface area (Å²) in [6, 6.07) is 13.1. The molecule has 3 aromatic rings. The number of nitrogens with zero attached hydrogens (tertiary/aromatic N) is 3. The molecule has 1 atom stereocenters. The standard InChI is InChI=1S/C20H20N4O4S2/c25-24(26)16-8-9-17(18(14-16)30(27,28)23-11-4-5-12-23)22-19(20-21-10-13-29-20)15-6-2-1-3-7-15/h1-3,6-10,13-14,19,22H,4-5,11-12H2. The third-order valence-electron chi connectivity index (χ3n) is 4.99. The third kappa shape index (κ3) is 4.07. The van der Waals surface area contributed by atoms with Crippen molar-refractivity contribution in [2.45, 2.75) is 23.8 Å². The Morgan fingerprint density at radius 2 is 1.87 bits per heavy atom. The molecule has 2 aromatic carbocycles. The number of nitro benzene ring substituents is 1. The minimum atomic E-state index is -3.87. The van der Waals surface area contributed by atoms with E-state index in [0.717, 1.165) is 29.5 Å². The largest absolute Gasteiger partial charge is 0.371 e. The summed E-state index contributed by atoms with van der Waals surface area (Å²) in [5.41, 5.74) is 0.968. The van der Waals surface area contributed by atoms with Gasteiger partial charge in [-0.2, -0.15) is 4.31 Å². The molecule has 0 radical (unpaired) electrons. The van der Waals surface area contributed by atoms with Crippen LogP contribution in [0.5, 0.6) is 0 Å². The highest BCUT2D eigenvalue weighted by Gasteiger charge is 2.32. The van der Waals surface area contributed by atoms with E-state index >= 15 is 0 Å². The fourth-order valence-electron chi connectivity index (χ4n) is 3.49. The van der Waals surface area contributed by atoms with Crippen LogP contribution in [0.1, 0.15) is 29.5 Å². The molecule has 2 heterocycles. The number of nitro groups is 1. The molecule has 4 rings (SSSR count). The van der Waals surface area contributed by atoms with Gasteiger partial charge in [0.25, 0.3) is 5.69 Å². The van der Waals surface area contributed by atoms with Gasteiger partial charge in [-0.3, -0.25) is 10.1 Å². The second-order valence-electron chi connectivity index (χ2n) is 6.91. The van der Waals surface area contributed by atoms with E-state index in [1.807, 2.05) is 35.7 Å². The van der Waals surface area contributed by atoms with Gasteiger partial charge < -0.3 is 5.32 Å². The first-order valence-electron chi connectivity index (χ1n) is 9.46. The third-order valence-corrected chi connectivity index (χ3v) is 7.77. The Morgan fingerprint density at radius 1 is 1.13 bits per heavy atom. The van der Waals surface area contributed by atoms with Gasteiger partial charge in [0.05, 0.1) is 10.6 Å². The van der Waals surface area contributed by atoms with E-state index in [2.05, 4.69) is 10.3 Å². The maximum Gasteiger partial charge on any atom is 0.270 e. The van der Waals surface area contributed by atoms with Gasteiger partial charge in [-0.15, -0.1) is 11.3 Å². The predicted octanol–water partition coefficient (Wildman–Crippen LogP) is 4.04.